The molecule has 24 heavy (non-hydrogen) atoms. The second kappa shape index (κ2) is 6.48. The van der Waals surface area contributed by atoms with Gasteiger partial charge < -0.3 is 9.64 Å². The van der Waals surface area contributed by atoms with Crippen LogP contribution in [0.3, 0.4) is 0 Å². The topological polar surface area (TPSA) is 84.3 Å². The summed E-state index contributed by atoms with van der Waals surface area (Å²) in [6.07, 6.45) is 8.17. The Bertz CT molecular complexity index is 733. The molecule has 8 nitrogen and oxygen atoms in total. The van der Waals surface area contributed by atoms with Gasteiger partial charge in [0.1, 0.15) is 11.5 Å². The van der Waals surface area contributed by atoms with E-state index in [-0.39, 0.29) is 5.91 Å². The van der Waals surface area contributed by atoms with Gasteiger partial charge in [0.05, 0.1) is 19.4 Å². The lowest BCUT2D eigenvalue weighted by Gasteiger charge is -2.31. The van der Waals surface area contributed by atoms with Crippen LogP contribution in [0.25, 0.3) is 0 Å². The predicted molar refractivity (Wildman–Crippen MR) is 87.1 cm³/mol. The molecule has 0 spiro atoms. The molecule has 4 rings (SSSR count). The molecule has 0 radical (unpaired) electrons. The third-order valence-electron chi connectivity index (χ3n) is 4.23. The molecule has 8 heteroatoms. The van der Waals surface area contributed by atoms with Gasteiger partial charge in [0.15, 0.2) is 0 Å². The summed E-state index contributed by atoms with van der Waals surface area (Å²) in [6.45, 7) is 3.49. The van der Waals surface area contributed by atoms with Crippen molar-refractivity contribution in [2.45, 2.75) is 12.8 Å². The van der Waals surface area contributed by atoms with Crippen molar-refractivity contribution < 1.29 is 9.53 Å². The number of amides is 1. The summed E-state index contributed by atoms with van der Waals surface area (Å²) in [5.41, 5.74) is 1.33. The summed E-state index contributed by atoms with van der Waals surface area (Å²) in [4.78, 5) is 33.8. The fourth-order valence-electron chi connectivity index (χ4n) is 2.99. The van der Waals surface area contributed by atoms with Gasteiger partial charge >= 0.3 is 0 Å². The Balaban J connectivity index is 1.66. The maximum atomic E-state index is 12.8. The lowest BCUT2D eigenvalue weighted by molar-refractivity contribution is 0.0979. The van der Waals surface area contributed by atoms with E-state index in [4.69, 9.17) is 4.74 Å². The van der Waals surface area contributed by atoms with Crippen LogP contribution in [0.15, 0.2) is 24.8 Å². The Hall–Kier alpha value is -2.61. The third kappa shape index (κ3) is 2.80. The number of rotatable bonds is 2. The number of nitrogens with zero attached hydrogens (tertiary/aromatic N) is 6. The van der Waals surface area contributed by atoms with E-state index in [1.807, 2.05) is 6.20 Å². The Morgan fingerprint density at radius 3 is 2.75 bits per heavy atom. The van der Waals surface area contributed by atoms with Gasteiger partial charge in [-0.1, -0.05) is 0 Å². The first-order chi connectivity index (χ1) is 11.8. The van der Waals surface area contributed by atoms with E-state index >= 15 is 0 Å². The number of hydrogen-bond donors (Lipinski definition) is 0. The van der Waals surface area contributed by atoms with Crippen LogP contribution in [0.4, 0.5) is 11.8 Å². The van der Waals surface area contributed by atoms with Gasteiger partial charge in [0.2, 0.25) is 5.95 Å². The molecule has 2 aliphatic rings. The molecule has 0 aliphatic carbocycles. The molecule has 1 saturated heterocycles. The maximum Gasteiger partial charge on any atom is 0.279 e. The molecule has 2 aliphatic heterocycles. The van der Waals surface area contributed by atoms with Crippen molar-refractivity contribution >= 4 is 17.7 Å². The summed E-state index contributed by atoms with van der Waals surface area (Å²) < 4.78 is 5.37. The van der Waals surface area contributed by atoms with Gasteiger partial charge in [-0.3, -0.25) is 14.7 Å². The van der Waals surface area contributed by atoms with Crippen LogP contribution >= 0.6 is 0 Å². The molecule has 4 heterocycles. The average molecular weight is 326 g/mol. The Morgan fingerprint density at radius 1 is 1.08 bits per heavy atom. The third-order valence-corrected chi connectivity index (χ3v) is 4.23. The second-order valence-corrected chi connectivity index (χ2v) is 5.77. The minimum atomic E-state index is -0.171. The molecule has 0 aromatic carbocycles. The number of fused-ring (bicyclic) bond motifs is 1. The molecule has 1 amide bonds. The van der Waals surface area contributed by atoms with Crippen LogP contribution in [0.2, 0.25) is 0 Å². The summed E-state index contributed by atoms with van der Waals surface area (Å²) in [7, 11) is 0. The highest BCUT2D eigenvalue weighted by molar-refractivity contribution is 6.04. The van der Waals surface area contributed by atoms with Crippen molar-refractivity contribution in [2.75, 3.05) is 42.6 Å². The highest BCUT2D eigenvalue weighted by Crippen LogP contribution is 2.27. The van der Waals surface area contributed by atoms with Gasteiger partial charge in [-0.2, -0.15) is 4.98 Å². The van der Waals surface area contributed by atoms with E-state index < -0.39 is 0 Å². The highest BCUT2D eigenvalue weighted by Gasteiger charge is 2.27. The molecular weight excluding hydrogens is 308 g/mol. The van der Waals surface area contributed by atoms with Crippen LogP contribution in [0, 0.1) is 0 Å². The average Bonchev–Trinajstić information content (AvgIpc) is 2.68. The first-order valence-electron chi connectivity index (χ1n) is 8.09. The number of aromatic nitrogens is 4. The van der Waals surface area contributed by atoms with Crippen molar-refractivity contribution in [1.29, 1.82) is 0 Å². The molecule has 2 aromatic rings. The Kier molecular flexibility index (Phi) is 4.04. The van der Waals surface area contributed by atoms with Crippen LogP contribution in [0.5, 0.6) is 0 Å². The Labute approximate surface area is 139 Å². The van der Waals surface area contributed by atoms with Gasteiger partial charge in [-0.05, 0) is 12.8 Å². The van der Waals surface area contributed by atoms with Gasteiger partial charge in [0, 0.05) is 43.8 Å². The second-order valence-electron chi connectivity index (χ2n) is 5.77. The number of anilines is 2. The summed E-state index contributed by atoms with van der Waals surface area (Å²) in [5.74, 6) is 1.17. The van der Waals surface area contributed by atoms with E-state index in [1.54, 1.807) is 11.1 Å². The van der Waals surface area contributed by atoms with E-state index in [0.29, 0.717) is 37.2 Å². The van der Waals surface area contributed by atoms with E-state index in [9.17, 15) is 4.79 Å². The first kappa shape index (κ1) is 14.9. The molecule has 124 valence electrons. The summed E-state index contributed by atoms with van der Waals surface area (Å²) in [6, 6.07) is 0. The molecular formula is C16H18N6O2. The zero-order chi connectivity index (χ0) is 16.4. The zero-order valence-corrected chi connectivity index (χ0v) is 13.3. The SMILES string of the molecule is O=C(c1cnccn1)N1CCCc2cnc(N3CCOCC3)nc21. The van der Waals surface area contributed by atoms with E-state index in [1.165, 1.54) is 12.4 Å². The van der Waals surface area contributed by atoms with Gasteiger partial charge in [-0.15, -0.1) is 0 Å². The van der Waals surface area contributed by atoms with Crippen molar-refractivity contribution in [3.63, 3.8) is 0 Å². The number of carbonyl (C=O) groups is 1. The maximum absolute atomic E-state index is 12.8. The lowest BCUT2D eigenvalue weighted by Crippen LogP contribution is -2.40. The summed E-state index contributed by atoms with van der Waals surface area (Å²) in [5, 5.41) is 0. The van der Waals surface area contributed by atoms with Gasteiger partial charge in [-0.25, -0.2) is 9.97 Å². The molecule has 0 unspecified atom stereocenters. The first-order valence-corrected chi connectivity index (χ1v) is 8.09. The molecule has 0 saturated carbocycles. The van der Waals surface area contributed by atoms with Crippen molar-refractivity contribution in [1.82, 2.24) is 19.9 Å². The fourth-order valence-corrected chi connectivity index (χ4v) is 2.99. The predicted octanol–water partition coefficient (Wildman–Crippen LogP) is 0.696. The van der Waals surface area contributed by atoms with E-state index in [2.05, 4.69) is 24.8 Å². The van der Waals surface area contributed by atoms with Crippen molar-refractivity contribution in [2.24, 2.45) is 0 Å². The largest absolute Gasteiger partial charge is 0.378 e. The quantitative estimate of drug-likeness (QED) is 0.803. The number of ether oxygens (including phenoxy) is 1. The van der Waals surface area contributed by atoms with Crippen LogP contribution in [0.1, 0.15) is 22.5 Å². The zero-order valence-electron chi connectivity index (χ0n) is 13.3. The van der Waals surface area contributed by atoms with Crippen LogP contribution < -0.4 is 9.80 Å². The molecule has 0 bridgehead atoms. The van der Waals surface area contributed by atoms with Crippen molar-refractivity contribution in [3.8, 4) is 0 Å². The van der Waals surface area contributed by atoms with Gasteiger partial charge in [0.25, 0.3) is 5.91 Å². The minimum Gasteiger partial charge on any atom is -0.378 e. The molecule has 1 fully saturated rings. The lowest BCUT2D eigenvalue weighted by atomic mass is 10.1. The van der Waals surface area contributed by atoms with Crippen molar-refractivity contribution in [3.05, 3.63) is 36.0 Å². The molecule has 0 N–H and O–H groups in total. The fraction of sp³-hybridized carbons (Fsp3) is 0.438. The minimum absolute atomic E-state index is 0.171. The van der Waals surface area contributed by atoms with Crippen LogP contribution in [-0.4, -0.2) is 58.7 Å². The molecule has 0 atom stereocenters. The highest BCUT2D eigenvalue weighted by atomic mass is 16.5. The smallest absolute Gasteiger partial charge is 0.279 e. The number of aryl methyl sites for hydroxylation is 1. The number of carbonyl (C=O) groups excluding carboxylic acids is 1. The number of hydrogen-bond acceptors (Lipinski definition) is 7. The monoisotopic (exact) mass is 326 g/mol. The Morgan fingerprint density at radius 2 is 1.96 bits per heavy atom. The normalized spacial score (nSPS) is 17.5. The van der Waals surface area contributed by atoms with E-state index in [0.717, 1.165) is 31.5 Å². The molecule has 2 aromatic heterocycles. The standard InChI is InChI=1S/C16H18N6O2/c23-15(13-11-17-3-4-18-13)22-5-1-2-12-10-19-16(20-14(12)22)21-6-8-24-9-7-21/h3-4,10-11H,1-2,5-9H2. The summed E-state index contributed by atoms with van der Waals surface area (Å²) >= 11 is 0. The number of morpholine rings is 1. The van der Waals surface area contributed by atoms with Crippen LogP contribution in [-0.2, 0) is 11.2 Å².